The standard InChI is InChI=1S/C14H29N3O3/c1-14(2,20-5)11-17-13(15-3)16-10-8-6-7-9-12(18)19-4/h6-11H2,1-5H3,(H2,15,16,17). The molecule has 20 heavy (non-hydrogen) atoms. The number of hydrogen-bond acceptors (Lipinski definition) is 4. The minimum absolute atomic E-state index is 0.141. The van der Waals surface area contributed by atoms with Gasteiger partial charge in [0.15, 0.2) is 5.96 Å². The number of carbonyl (C=O) groups is 1. The molecule has 6 heteroatoms. The molecular formula is C14H29N3O3. The molecule has 118 valence electrons. The molecule has 0 fully saturated rings. The smallest absolute Gasteiger partial charge is 0.305 e. The van der Waals surface area contributed by atoms with Crippen molar-refractivity contribution in [1.82, 2.24) is 10.6 Å². The summed E-state index contributed by atoms with van der Waals surface area (Å²) in [6.07, 6.45) is 3.33. The minimum Gasteiger partial charge on any atom is -0.469 e. The highest BCUT2D eigenvalue weighted by atomic mass is 16.5. The van der Waals surface area contributed by atoms with Gasteiger partial charge in [-0.25, -0.2) is 0 Å². The molecule has 0 amide bonds. The molecule has 0 atom stereocenters. The molecule has 0 aromatic carbocycles. The highest BCUT2D eigenvalue weighted by Gasteiger charge is 2.16. The van der Waals surface area contributed by atoms with Gasteiger partial charge < -0.3 is 20.1 Å². The van der Waals surface area contributed by atoms with Crippen LogP contribution in [0.5, 0.6) is 0 Å². The van der Waals surface area contributed by atoms with Crippen molar-refractivity contribution in [3.05, 3.63) is 0 Å². The molecule has 0 radical (unpaired) electrons. The number of ether oxygens (including phenoxy) is 2. The molecule has 0 rings (SSSR count). The van der Waals surface area contributed by atoms with E-state index in [2.05, 4.69) is 20.4 Å². The quantitative estimate of drug-likeness (QED) is 0.289. The fourth-order valence-electron chi connectivity index (χ4n) is 1.47. The van der Waals surface area contributed by atoms with Crippen molar-refractivity contribution in [3.8, 4) is 0 Å². The van der Waals surface area contributed by atoms with Gasteiger partial charge in [0, 0.05) is 33.7 Å². The maximum absolute atomic E-state index is 10.9. The summed E-state index contributed by atoms with van der Waals surface area (Å²) >= 11 is 0. The number of carbonyl (C=O) groups excluding carboxylic acids is 1. The lowest BCUT2D eigenvalue weighted by Gasteiger charge is -2.24. The topological polar surface area (TPSA) is 72.0 Å². The lowest BCUT2D eigenvalue weighted by atomic mass is 10.1. The predicted molar refractivity (Wildman–Crippen MR) is 80.9 cm³/mol. The molecule has 0 unspecified atom stereocenters. The minimum atomic E-state index is -0.224. The average Bonchev–Trinajstić information content (AvgIpc) is 2.45. The first-order valence-corrected chi connectivity index (χ1v) is 7.01. The average molecular weight is 287 g/mol. The third-order valence-corrected chi connectivity index (χ3v) is 3.04. The molecular weight excluding hydrogens is 258 g/mol. The van der Waals surface area contributed by atoms with Crippen LogP contribution in [0.15, 0.2) is 4.99 Å². The van der Waals surface area contributed by atoms with Crippen LogP contribution in [0.2, 0.25) is 0 Å². The van der Waals surface area contributed by atoms with Crippen LogP contribution in [-0.2, 0) is 14.3 Å². The van der Waals surface area contributed by atoms with Crippen molar-refractivity contribution in [1.29, 1.82) is 0 Å². The number of nitrogens with one attached hydrogen (secondary N) is 2. The summed E-state index contributed by atoms with van der Waals surface area (Å²) in [5.41, 5.74) is -0.224. The van der Waals surface area contributed by atoms with E-state index in [0.29, 0.717) is 13.0 Å². The summed E-state index contributed by atoms with van der Waals surface area (Å²) in [6.45, 7) is 5.54. The van der Waals surface area contributed by atoms with Crippen molar-refractivity contribution < 1.29 is 14.3 Å². The van der Waals surface area contributed by atoms with Crippen LogP contribution < -0.4 is 10.6 Å². The zero-order chi connectivity index (χ0) is 15.4. The Morgan fingerprint density at radius 3 is 2.40 bits per heavy atom. The molecule has 0 saturated carbocycles. The van der Waals surface area contributed by atoms with Crippen LogP contribution in [0.3, 0.4) is 0 Å². The number of aliphatic imine (C=N–C) groups is 1. The van der Waals surface area contributed by atoms with Crippen LogP contribution in [-0.4, -0.2) is 51.9 Å². The summed E-state index contributed by atoms with van der Waals surface area (Å²) in [6, 6.07) is 0. The van der Waals surface area contributed by atoms with E-state index in [-0.39, 0.29) is 11.6 Å². The lowest BCUT2D eigenvalue weighted by Crippen LogP contribution is -2.45. The van der Waals surface area contributed by atoms with Gasteiger partial charge in [-0.1, -0.05) is 6.42 Å². The SMILES string of the molecule is CN=C(NCCCCCC(=O)OC)NCC(C)(C)OC. The molecule has 0 saturated heterocycles. The largest absolute Gasteiger partial charge is 0.469 e. The Morgan fingerprint density at radius 2 is 1.85 bits per heavy atom. The fourth-order valence-corrected chi connectivity index (χ4v) is 1.47. The van der Waals surface area contributed by atoms with E-state index in [1.54, 1.807) is 14.2 Å². The van der Waals surface area contributed by atoms with E-state index in [1.165, 1.54) is 7.11 Å². The van der Waals surface area contributed by atoms with Gasteiger partial charge in [0.2, 0.25) is 0 Å². The number of guanidine groups is 1. The summed E-state index contributed by atoms with van der Waals surface area (Å²) in [5, 5.41) is 6.45. The summed E-state index contributed by atoms with van der Waals surface area (Å²) in [7, 11) is 4.85. The molecule has 0 aromatic rings. The van der Waals surface area contributed by atoms with Gasteiger partial charge >= 0.3 is 5.97 Å². The molecule has 0 aromatic heterocycles. The molecule has 0 aliphatic heterocycles. The number of methoxy groups -OCH3 is 2. The van der Waals surface area contributed by atoms with Crippen molar-refractivity contribution in [2.24, 2.45) is 4.99 Å². The van der Waals surface area contributed by atoms with E-state index >= 15 is 0 Å². The first-order valence-electron chi connectivity index (χ1n) is 7.01. The monoisotopic (exact) mass is 287 g/mol. The normalized spacial score (nSPS) is 12.2. The lowest BCUT2D eigenvalue weighted by molar-refractivity contribution is -0.140. The van der Waals surface area contributed by atoms with Crippen molar-refractivity contribution in [3.63, 3.8) is 0 Å². The third kappa shape index (κ3) is 9.61. The fraction of sp³-hybridized carbons (Fsp3) is 0.857. The van der Waals surface area contributed by atoms with Crippen LogP contribution in [0.4, 0.5) is 0 Å². The molecule has 0 aliphatic rings. The van der Waals surface area contributed by atoms with Gasteiger partial charge in [0.25, 0.3) is 0 Å². The number of unbranched alkanes of at least 4 members (excludes halogenated alkanes) is 2. The number of nitrogens with zero attached hydrogens (tertiary/aromatic N) is 1. The second kappa shape index (κ2) is 10.5. The van der Waals surface area contributed by atoms with Gasteiger partial charge in [-0.15, -0.1) is 0 Å². The van der Waals surface area contributed by atoms with Crippen molar-refractivity contribution in [2.75, 3.05) is 34.4 Å². The second-order valence-corrected chi connectivity index (χ2v) is 5.20. The van der Waals surface area contributed by atoms with E-state index in [4.69, 9.17) is 4.74 Å². The van der Waals surface area contributed by atoms with Crippen LogP contribution >= 0.6 is 0 Å². The first-order chi connectivity index (χ1) is 9.45. The Hall–Kier alpha value is -1.30. The molecule has 0 aliphatic carbocycles. The van der Waals surface area contributed by atoms with Gasteiger partial charge in [-0.3, -0.25) is 9.79 Å². The van der Waals surface area contributed by atoms with Crippen LogP contribution in [0.25, 0.3) is 0 Å². The molecule has 6 nitrogen and oxygen atoms in total. The highest BCUT2D eigenvalue weighted by Crippen LogP contribution is 2.04. The van der Waals surface area contributed by atoms with E-state index in [1.807, 2.05) is 13.8 Å². The van der Waals surface area contributed by atoms with Gasteiger partial charge in [-0.05, 0) is 26.7 Å². The summed E-state index contributed by atoms with van der Waals surface area (Å²) in [4.78, 5) is 15.1. The second-order valence-electron chi connectivity index (χ2n) is 5.20. The Balaban J connectivity index is 3.69. The highest BCUT2D eigenvalue weighted by molar-refractivity contribution is 5.79. The zero-order valence-corrected chi connectivity index (χ0v) is 13.4. The molecule has 0 bridgehead atoms. The zero-order valence-electron chi connectivity index (χ0n) is 13.4. The van der Waals surface area contributed by atoms with E-state index < -0.39 is 0 Å². The van der Waals surface area contributed by atoms with Crippen molar-refractivity contribution in [2.45, 2.75) is 45.1 Å². The summed E-state index contributed by atoms with van der Waals surface area (Å²) < 4.78 is 9.93. The van der Waals surface area contributed by atoms with Crippen molar-refractivity contribution >= 4 is 11.9 Å². The maximum Gasteiger partial charge on any atom is 0.305 e. The Morgan fingerprint density at radius 1 is 1.15 bits per heavy atom. The third-order valence-electron chi connectivity index (χ3n) is 3.04. The van der Waals surface area contributed by atoms with Gasteiger partial charge in [-0.2, -0.15) is 0 Å². The number of esters is 1. The van der Waals surface area contributed by atoms with Gasteiger partial charge in [0.1, 0.15) is 0 Å². The summed E-state index contributed by atoms with van der Waals surface area (Å²) in [5.74, 6) is 0.625. The number of rotatable bonds is 9. The van der Waals surface area contributed by atoms with E-state index in [0.717, 1.165) is 31.8 Å². The Bertz CT molecular complexity index is 304. The maximum atomic E-state index is 10.9. The van der Waals surface area contributed by atoms with Gasteiger partial charge in [0.05, 0.1) is 12.7 Å². The molecule has 0 heterocycles. The predicted octanol–water partition coefficient (Wildman–Crippen LogP) is 1.31. The number of hydrogen-bond donors (Lipinski definition) is 2. The first kappa shape index (κ1) is 18.7. The Kier molecular flexibility index (Phi) is 9.80. The Labute approximate surface area is 122 Å². The van der Waals surface area contributed by atoms with Crippen LogP contribution in [0, 0.1) is 0 Å². The molecule has 2 N–H and O–H groups in total. The molecule has 0 spiro atoms. The van der Waals surface area contributed by atoms with Crippen LogP contribution in [0.1, 0.15) is 39.5 Å². The van der Waals surface area contributed by atoms with E-state index in [9.17, 15) is 4.79 Å².